The number of amides is 1. The SMILES string of the molecule is CCOC(=O)CNC(=O)[C@H](C)N.Cl. The van der Waals surface area contributed by atoms with Crippen LogP contribution in [0.15, 0.2) is 0 Å². The van der Waals surface area contributed by atoms with E-state index in [0.717, 1.165) is 0 Å². The third kappa shape index (κ3) is 7.55. The van der Waals surface area contributed by atoms with E-state index in [1.807, 2.05) is 0 Å². The van der Waals surface area contributed by atoms with Crippen molar-refractivity contribution in [3.05, 3.63) is 0 Å². The van der Waals surface area contributed by atoms with Gasteiger partial charge >= 0.3 is 5.97 Å². The zero-order valence-corrected chi connectivity index (χ0v) is 8.52. The Morgan fingerprint density at radius 3 is 2.46 bits per heavy atom. The Morgan fingerprint density at radius 1 is 1.54 bits per heavy atom. The number of nitrogens with one attached hydrogen (secondary N) is 1. The average molecular weight is 211 g/mol. The molecule has 0 heterocycles. The van der Waals surface area contributed by atoms with Crippen molar-refractivity contribution in [1.29, 1.82) is 0 Å². The minimum Gasteiger partial charge on any atom is -0.465 e. The molecule has 0 aliphatic rings. The molecule has 3 N–H and O–H groups in total. The second-order valence-electron chi connectivity index (χ2n) is 2.31. The van der Waals surface area contributed by atoms with Crippen LogP contribution >= 0.6 is 12.4 Å². The van der Waals surface area contributed by atoms with Gasteiger partial charge in [0.2, 0.25) is 5.91 Å². The summed E-state index contributed by atoms with van der Waals surface area (Å²) in [5, 5.41) is 2.33. The highest BCUT2D eigenvalue weighted by Gasteiger charge is 2.08. The number of halogens is 1. The molecule has 0 spiro atoms. The van der Waals surface area contributed by atoms with Gasteiger partial charge in [-0.05, 0) is 13.8 Å². The van der Waals surface area contributed by atoms with Gasteiger partial charge in [0.25, 0.3) is 0 Å². The largest absolute Gasteiger partial charge is 0.465 e. The van der Waals surface area contributed by atoms with Crippen molar-refractivity contribution in [3.63, 3.8) is 0 Å². The Balaban J connectivity index is 0. The van der Waals surface area contributed by atoms with Crippen molar-refractivity contribution in [2.75, 3.05) is 13.2 Å². The van der Waals surface area contributed by atoms with E-state index in [9.17, 15) is 9.59 Å². The second kappa shape index (κ2) is 7.82. The standard InChI is InChI=1S/C7H14N2O3.ClH/c1-3-12-6(10)4-9-7(11)5(2)8;/h5H,3-4,8H2,1-2H3,(H,9,11);1H/t5-;/m0./s1. The van der Waals surface area contributed by atoms with Crippen LogP contribution in [0.4, 0.5) is 0 Å². The number of esters is 1. The number of hydrogen-bond acceptors (Lipinski definition) is 4. The van der Waals surface area contributed by atoms with Gasteiger partial charge in [-0.3, -0.25) is 9.59 Å². The maximum Gasteiger partial charge on any atom is 0.325 e. The first-order valence-corrected chi connectivity index (χ1v) is 3.76. The fourth-order valence-electron chi connectivity index (χ4n) is 0.532. The molecule has 0 aromatic heterocycles. The van der Waals surface area contributed by atoms with E-state index in [1.54, 1.807) is 13.8 Å². The van der Waals surface area contributed by atoms with Crippen LogP contribution in [-0.2, 0) is 14.3 Å². The molecular formula is C7H15ClN2O3. The first-order valence-electron chi connectivity index (χ1n) is 3.76. The molecule has 1 atom stereocenters. The Kier molecular flexibility index (Phi) is 8.84. The minimum atomic E-state index is -0.598. The van der Waals surface area contributed by atoms with Gasteiger partial charge in [-0.25, -0.2) is 0 Å². The molecule has 0 aromatic rings. The Bertz CT molecular complexity index is 173. The summed E-state index contributed by atoms with van der Waals surface area (Å²) >= 11 is 0. The molecule has 0 aliphatic heterocycles. The van der Waals surface area contributed by atoms with E-state index < -0.39 is 12.0 Å². The Labute approximate surface area is 83.4 Å². The molecule has 1 amide bonds. The van der Waals surface area contributed by atoms with Gasteiger partial charge in [0, 0.05) is 0 Å². The lowest BCUT2D eigenvalue weighted by Crippen LogP contribution is -2.41. The van der Waals surface area contributed by atoms with E-state index >= 15 is 0 Å². The predicted octanol–water partition coefficient (Wildman–Crippen LogP) is -0.565. The highest BCUT2D eigenvalue weighted by atomic mass is 35.5. The summed E-state index contributed by atoms with van der Waals surface area (Å²) in [6.07, 6.45) is 0. The van der Waals surface area contributed by atoms with Gasteiger partial charge in [-0.1, -0.05) is 0 Å². The molecule has 0 fully saturated rings. The predicted molar refractivity (Wildman–Crippen MR) is 50.5 cm³/mol. The highest BCUT2D eigenvalue weighted by Crippen LogP contribution is 1.78. The van der Waals surface area contributed by atoms with Crippen LogP contribution in [0.3, 0.4) is 0 Å². The molecule has 0 radical (unpaired) electrons. The van der Waals surface area contributed by atoms with Gasteiger partial charge in [-0.2, -0.15) is 0 Å². The number of carbonyl (C=O) groups excluding carboxylic acids is 2. The number of hydrogen-bond donors (Lipinski definition) is 2. The van der Waals surface area contributed by atoms with Crippen molar-refractivity contribution in [3.8, 4) is 0 Å². The fourth-order valence-corrected chi connectivity index (χ4v) is 0.532. The van der Waals surface area contributed by atoms with Crippen molar-refractivity contribution in [2.45, 2.75) is 19.9 Å². The summed E-state index contributed by atoms with van der Waals surface area (Å²) in [5.41, 5.74) is 5.23. The van der Waals surface area contributed by atoms with Crippen LogP contribution in [0.1, 0.15) is 13.8 Å². The summed E-state index contributed by atoms with van der Waals surface area (Å²) < 4.78 is 4.58. The highest BCUT2D eigenvalue weighted by molar-refractivity contribution is 5.85. The summed E-state index contributed by atoms with van der Waals surface area (Å²) in [6, 6.07) is -0.598. The molecule has 0 aromatic carbocycles. The summed E-state index contributed by atoms with van der Waals surface area (Å²) in [6.45, 7) is 3.44. The van der Waals surface area contributed by atoms with Crippen LogP contribution in [0.25, 0.3) is 0 Å². The average Bonchev–Trinajstić information content (AvgIpc) is 2.00. The van der Waals surface area contributed by atoms with Crippen molar-refractivity contribution < 1.29 is 14.3 Å². The maximum absolute atomic E-state index is 10.8. The molecular weight excluding hydrogens is 196 g/mol. The van der Waals surface area contributed by atoms with Gasteiger partial charge < -0.3 is 15.8 Å². The van der Waals surface area contributed by atoms with Crippen LogP contribution < -0.4 is 11.1 Å². The molecule has 13 heavy (non-hydrogen) atoms. The quantitative estimate of drug-likeness (QED) is 0.610. The zero-order valence-electron chi connectivity index (χ0n) is 7.70. The number of carbonyl (C=O) groups is 2. The minimum absolute atomic E-state index is 0. The zero-order chi connectivity index (χ0) is 9.56. The fraction of sp³-hybridized carbons (Fsp3) is 0.714. The normalized spacial score (nSPS) is 11.0. The lowest BCUT2D eigenvalue weighted by Gasteiger charge is -2.06. The first-order chi connectivity index (χ1) is 5.57. The summed E-state index contributed by atoms with van der Waals surface area (Å²) in [7, 11) is 0. The second-order valence-corrected chi connectivity index (χ2v) is 2.31. The monoisotopic (exact) mass is 210 g/mol. The van der Waals surface area contributed by atoms with E-state index in [0.29, 0.717) is 6.61 Å². The number of ether oxygens (including phenoxy) is 1. The van der Waals surface area contributed by atoms with E-state index in [-0.39, 0.29) is 24.9 Å². The first kappa shape index (κ1) is 14.7. The smallest absolute Gasteiger partial charge is 0.325 e. The van der Waals surface area contributed by atoms with Crippen molar-refractivity contribution in [1.82, 2.24) is 5.32 Å². The molecule has 78 valence electrons. The number of rotatable bonds is 4. The van der Waals surface area contributed by atoms with Crippen LogP contribution in [-0.4, -0.2) is 31.1 Å². The van der Waals surface area contributed by atoms with Crippen molar-refractivity contribution in [2.24, 2.45) is 5.73 Å². The van der Waals surface area contributed by atoms with Gasteiger partial charge in [0.15, 0.2) is 0 Å². The third-order valence-corrected chi connectivity index (χ3v) is 1.13. The molecule has 0 unspecified atom stereocenters. The topological polar surface area (TPSA) is 81.4 Å². The van der Waals surface area contributed by atoms with E-state index in [4.69, 9.17) is 5.73 Å². The molecule has 0 rings (SSSR count). The van der Waals surface area contributed by atoms with Gasteiger partial charge in [0.1, 0.15) is 6.54 Å². The van der Waals surface area contributed by atoms with Crippen LogP contribution in [0, 0.1) is 0 Å². The third-order valence-electron chi connectivity index (χ3n) is 1.13. The van der Waals surface area contributed by atoms with Crippen LogP contribution in [0.2, 0.25) is 0 Å². The Morgan fingerprint density at radius 2 is 2.08 bits per heavy atom. The molecule has 0 saturated carbocycles. The molecule has 0 aliphatic carbocycles. The summed E-state index contributed by atoms with van der Waals surface area (Å²) in [5.74, 6) is -0.811. The molecule has 6 heteroatoms. The molecule has 0 bridgehead atoms. The maximum atomic E-state index is 10.8. The van der Waals surface area contributed by atoms with E-state index in [1.165, 1.54) is 0 Å². The molecule has 0 saturated heterocycles. The number of nitrogens with two attached hydrogens (primary N) is 1. The lowest BCUT2D eigenvalue weighted by atomic mass is 10.3. The van der Waals surface area contributed by atoms with Gasteiger partial charge in [0.05, 0.1) is 12.6 Å². The van der Waals surface area contributed by atoms with Crippen molar-refractivity contribution >= 4 is 24.3 Å². The lowest BCUT2D eigenvalue weighted by molar-refractivity contribution is -0.143. The van der Waals surface area contributed by atoms with Gasteiger partial charge in [-0.15, -0.1) is 12.4 Å². The van der Waals surface area contributed by atoms with E-state index in [2.05, 4.69) is 10.1 Å². The summed E-state index contributed by atoms with van der Waals surface area (Å²) in [4.78, 5) is 21.5. The molecule has 5 nitrogen and oxygen atoms in total. The Hall–Kier alpha value is -0.810. The van der Waals surface area contributed by atoms with Crippen LogP contribution in [0.5, 0.6) is 0 Å².